The van der Waals surface area contributed by atoms with Crippen molar-refractivity contribution in [2.75, 3.05) is 6.61 Å². The number of aldehydes is 1. The predicted octanol–water partition coefficient (Wildman–Crippen LogP) is 3.13. The van der Waals surface area contributed by atoms with Gasteiger partial charge in [0.25, 0.3) is 0 Å². The molecule has 3 nitrogen and oxygen atoms in total. The first-order chi connectivity index (χ1) is 9.20. The molecule has 0 bridgehead atoms. The third kappa shape index (κ3) is 3.41. The van der Waals surface area contributed by atoms with Gasteiger partial charge >= 0.3 is 0 Å². The van der Waals surface area contributed by atoms with Crippen LogP contribution in [0.25, 0.3) is 0 Å². The van der Waals surface area contributed by atoms with Crippen LogP contribution in [-0.4, -0.2) is 17.9 Å². The normalized spacial score (nSPS) is 10.2. The van der Waals surface area contributed by atoms with E-state index < -0.39 is 0 Å². The molecule has 0 aliphatic heterocycles. The van der Waals surface area contributed by atoms with Crippen LogP contribution in [0.15, 0.2) is 36.7 Å². The monoisotopic (exact) mass is 255 g/mol. The number of aryl methyl sites for hydroxylation is 2. The van der Waals surface area contributed by atoms with Crippen molar-refractivity contribution >= 4 is 6.29 Å². The molecule has 0 aliphatic rings. The summed E-state index contributed by atoms with van der Waals surface area (Å²) in [4.78, 5) is 14.8. The van der Waals surface area contributed by atoms with Crippen molar-refractivity contribution in [2.45, 2.75) is 20.3 Å². The molecule has 0 fully saturated rings. The van der Waals surface area contributed by atoms with Crippen molar-refractivity contribution in [1.82, 2.24) is 4.98 Å². The summed E-state index contributed by atoms with van der Waals surface area (Å²) in [7, 11) is 0. The molecule has 2 aromatic rings. The lowest BCUT2D eigenvalue weighted by Gasteiger charge is -2.12. The quantitative estimate of drug-likeness (QED) is 0.770. The SMILES string of the molecule is Cc1cc(C=O)cc(C)c1OCCc1cccnc1. The van der Waals surface area contributed by atoms with Gasteiger partial charge in [-0.15, -0.1) is 0 Å². The third-order valence-electron chi connectivity index (χ3n) is 2.98. The van der Waals surface area contributed by atoms with Gasteiger partial charge in [0.05, 0.1) is 6.61 Å². The molecule has 0 unspecified atom stereocenters. The minimum atomic E-state index is 0.605. The Kier molecular flexibility index (Phi) is 4.29. The van der Waals surface area contributed by atoms with Crippen LogP contribution in [0.3, 0.4) is 0 Å². The fraction of sp³-hybridized carbons (Fsp3) is 0.250. The Balaban J connectivity index is 2.02. The molecule has 0 spiro atoms. The molecule has 0 atom stereocenters. The molecule has 19 heavy (non-hydrogen) atoms. The lowest BCUT2D eigenvalue weighted by atomic mass is 10.1. The number of rotatable bonds is 5. The van der Waals surface area contributed by atoms with Gasteiger partial charge in [0.1, 0.15) is 12.0 Å². The number of pyridine rings is 1. The smallest absolute Gasteiger partial charge is 0.150 e. The lowest BCUT2D eigenvalue weighted by molar-refractivity contribution is 0.112. The molecule has 0 saturated carbocycles. The summed E-state index contributed by atoms with van der Waals surface area (Å²) in [6, 6.07) is 7.65. The number of carbonyl (C=O) groups is 1. The Labute approximate surface area is 113 Å². The summed E-state index contributed by atoms with van der Waals surface area (Å²) in [5, 5.41) is 0. The summed E-state index contributed by atoms with van der Waals surface area (Å²) in [6.45, 7) is 4.52. The number of carbonyl (C=O) groups excluding carboxylic acids is 1. The zero-order chi connectivity index (χ0) is 13.7. The Hall–Kier alpha value is -2.16. The average molecular weight is 255 g/mol. The first-order valence-corrected chi connectivity index (χ1v) is 6.29. The van der Waals surface area contributed by atoms with E-state index in [-0.39, 0.29) is 0 Å². The fourth-order valence-corrected chi connectivity index (χ4v) is 2.10. The van der Waals surface area contributed by atoms with E-state index >= 15 is 0 Å². The average Bonchev–Trinajstić information content (AvgIpc) is 2.42. The molecule has 0 radical (unpaired) electrons. The van der Waals surface area contributed by atoms with E-state index in [1.165, 1.54) is 0 Å². The van der Waals surface area contributed by atoms with E-state index in [2.05, 4.69) is 4.98 Å². The van der Waals surface area contributed by atoms with Gasteiger partial charge in [-0.1, -0.05) is 6.07 Å². The van der Waals surface area contributed by atoms with E-state index in [9.17, 15) is 4.79 Å². The maximum absolute atomic E-state index is 10.8. The molecule has 0 N–H and O–H groups in total. The molecule has 0 saturated heterocycles. The Morgan fingerprint density at radius 1 is 1.26 bits per heavy atom. The van der Waals surface area contributed by atoms with Gasteiger partial charge in [-0.2, -0.15) is 0 Å². The number of hydrogen-bond donors (Lipinski definition) is 0. The molecule has 1 aromatic heterocycles. The van der Waals surface area contributed by atoms with Crippen LogP contribution in [0.2, 0.25) is 0 Å². The largest absolute Gasteiger partial charge is 0.493 e. The zero-order valence-corrected chi connectivity index (χ0v) is 11.2. The van der Waals surface area contributed by atoms with Crippen molar-refractivity contribution in [3.63, 3.8) is 0 Å². The van der Waals surface area contributed by atoms with Crippen molar-refractivity contribution in [3.8, 4) is 5.75 Å². The van der Waals surface area contributed by atoms with Crippen molar-refractivity contribution in [3.05, 3.63) is 58.9 Å². The van der Waals surface area contributed by atoms with E-state index in [1.54, 1.807) is 6.20 Å². The fourth-order valence-electron chi connectivity index (χ4n) is 2.10. The number of ether oxygens (including phenoxy) is 1. The molecule has 0 amide bonds. The summed E-state index contributed by atoms with van der Waals surface area (Å²) < 4.78 is 5.83. The Bertz CT molecular complexity index is 541. The second kappa shape index (κ2) is 6.14. The maximum atomic E-state index is 10.8. The summed E-state index contributed by atoms with van der Waals surface area (Å²) >= 11 is 0. The van der Waals surface area contributed by atoms with Gasteiger partial charge in [-0.3, -0.25) is 9.78 Å². The van der Waals surface area contributed by atoms with Crippen LogP contribution >= 0.6 is 0 Å². The highest BCUT2D eigenvalue weighted by atomic mass is 16.5. The van der Waals surface area contributed by atoms with Gasteiger partial charge in [0.15, 0.2) is 0 Å². The Morgan fingerprint density at radius 2 is 2.00 bits per heavy atom. The topological polar surface area (TPSA) is 39.2 Å². The third-order valence-corrected chi connectivity index (χ3v) is 2.98. The van der Waals surface area contributed by atoms with Crippen LogP contribution in [0.4, 0.5) is 0 Å². The second-order valence-electron chi connectivity index (χ2n) is 4.56. The van der Waals surface area contributed by atoms with Crippen molar-refractivity contribution in [2.24, 2.45) is 0 Å². The minimum Gasteiger partial charge on any atom is -0.493 e. The van der Waals surface area contributed by atoms with Crippen LogP contribution in [0.5, 0.6) is 5.75 Å². The van der Waals surface area contributed by atoms with Crippen LogP contribution in [0, 0.1) is 13.8 Å². The molecule has 3 heteroatoms. The standard InChI is InChI=1S/C16H17NO2/c1-12-8-15(11-18)9-13(2)16(12)19-7-5-14-4-3-6-17-10-14/h3-4,6,8-11H,5,7H2,1-2H3. The van der Waals surface area contributed by atoms with Gasteiger partial charge in [-0.05, 0) is 48.7 Å². The molecule has 2 rings (SSSR count). The highest BCUT2D eigenvalue weighted by molar-refractivity contribution is 5.76. The number of benzene rings is 1. The van der Waals surface area contributed by atoms with Gasteiger partial charge < -0.3 is 4.74 Å². The highest BCUT2D eigenvalue weighted by Gasteiger charge is 2.06. The number of nitrogens with zero attached hydrogens (tertiary/aromatic N) is 1. The van der Waals surface area contributed by atoms with Crippen LogP contribution in [-0.2, 0) is 6.42 Å². The van der Waals surface area contributed by atoms with E-state index in [1.807, 2.05) is 44.3 Å². The van der Waals surface area contributed by atoms with Gasteiger partial charge in [0.2, 0.25) is 0 Å². The zero-order valence-electron chi connectivity index (χ0n) is 11.2. The van der Waals surface area contributed by atoms with Crippen LogP contribution < -0.4 is 4.74 Å². The lowest BCUT2D eigenvalue weighted by Crippen LogP contribution is -2.04. The first kappa shape index (κ1) is 13.3. The molecule has 1 heterocycles. The second-order valence-corrected chi connectivity index (χ2v) is 4.56. The molecule has 98 valence electrons. The summed E-state index contributed by atoms with van der Waals surface area (Å²) in [5.74, 6) is 0.870. The first-order valence-electron chi connectivity index (χ1n) is 6.29. The minimum absolute atomic E-state index is 0.605. The van der Waals surface area contributed by atoms with Crippen molar-refractivity contribution in [1.29, 1.82) is 0 Å². The number of aromatic nitrogens is 1. The van der Waals surface area contributed by atoms with Gasteiger partial charge in [-0.25, -0.2) is 0 Å². The van der Waals surface area contributed by atoms with Crippen molar-refractivity contribution < 1.29 is 9.53 Å². The maximum Gasteiger partial charge on any atom is 0.150 e. The van der Waals surface area contributed by atoms with E-state index in [0.29, 0.717) is 12.2 Å². The predicted molar refractivity (Wildman–Crippen MR) is 74.7 cm³/mol. The Morgan fingerprint density at radius 3 is 2.58 bits per heavy atom. The summed E-state index contributed by atoms with van der Waals surface area (Å²) in [6.07, 6.45) is 5.29. The van der Waals surface area contributed by atoms with Crippen LogP contribution in [0.1, 0.15) is 27.0 Å². The summed E-state index contributed by atoms with van der Waals surface area (Å²) in [5.41, 5.74) is 3.83. The molecule has 1 aromatic carbocycles. The molecular formula is C16H17NO2. The van der Waals surface area contributed by atoms with E-state index in [4.69, 9.17) is 4.74 Å². The highest BCUT2D eigenvalue weighted by Crippen LogP contribution is 2.24. The van der Waals surface area contributed by atoms with E-state index in [0.717, 1.165) is 35.1 Å². The number of hydrogen-bond acceptors (Lipinski definition) is 3. The molecule has 0 aliphatic carbocycles. The van der Waals surface area contributed by atoms with Gasteiger partial charge in [0, 0.05) is 24.4 Å². The molecular weight excluding hydrogens is 238 g/mol.